The number of anilines is 3. The molecule has 2 aromatic heterocycles. The largest absolute Gasteiger partial charge is 0.493 e. The van der Waals surface area contributed by atoms with Gasteiger partial charge in [0.2, 0.25) is 23.0 Å². The molecule has 6 aromatic rings. The van der Waals surface area contributed by atoms with Crippen molar-refractivity contribution in [2.24, 2.45) is 0 Å². The maximum Gasteiger partial charge on any atom is 0.251 e. The summed E-state index contributed by atoms with van der Waals surface area (Å²) in [4.78, 5) is 39.8. The first kappa shape index (κ1) is 47.3. The number of nitrogens with one attached hydrogen (secondary N) is 3. The molecule has 19 heteroatoms. The van der Waals surface area contributed by atoms with Crippen LogP contribution in [0.15, 0.2) is 94.1 Å². The molecule has 0 atom stereocenters. The zero-order valence-electron chi connectivity index (χ0n) is 34.3. The highest BCUT2D eigenvalue weighted by atomic mass is 79.9. The normalized spacial score (nSPS) is 10.1. The molecule has 0 aliphatic heterocycles. The van der Waals surface area contributed by atoms with E-state index in [1.807, 2.05) is 26.0 Å². The van der Waals surface area contributed by atoms with Crippen LogP contribution in [-0.4, -0.2) is 74.3 Å². The van der Waals surface area contributed by atoms with Crippen LogP contribution in [0.2, 0.25) is 5.28 Å². The molecule has 6 rings (SSSR count). The number of rotatable bonds is 12. The Morgan fingerprint density at radius 3 is 1.66 bits per heavy atom. The third-order valence-electron chi connectivity index (χ3n) is 8.08. The van der Waals surface area contributed by atoms with Crippen LogP contribution in [0.1, 0.15) is 31.8 Å². The van der Waals surface area contributed by atoms with Crippen molar-refractivity contribution >= 4 is 72.6 Å². The second-order valence-electron chi connectivity index (χ2n) is 12.3. The molecule has 4 aromatic carbocycles. The van der Waals surface area contributed by atoms with Gasteiger partial charge in [-0.1, -0.05) is 12.1 Å². The Hall–Kier alpha value is -6.37. The average Bonchev–Trinajstić information content (AvgIpc) is 3.25. The first-order valence-corrected chi connectivity index (χ1v) is 19.9. The van der Waals surface area contributed by atoms with Gasteiger partial charge in [0.25, 0.3) is 11.8 Å². The Balaban J connectivity index is 0.000000224. The SMILES string of the molecule is CNC(=O)c1cccc(Oc2nc(Cl)ncc2Br)c1.CNC(=O)c1cccc(Oc2nc(Nc3cc(C)c(OC)c(OC)c3)ncc2Br)c1.COc1cc(N)cc(C)c1OC. The van der Waals surface area contributed by atoms with Crippen molar-refractivity contribution in [3.05, 3.63) is 122 Å². The van der Waals surface area contributed by atoms with Gasteiger partial charge in [0.05, 0.1) is 43.6 Å². The summed E-state index contributed by atoms with van der Waals surface area (Å²) < 4.78 is 33.6. The van der Waals surface area contributed by atoms with Crippen LogP contribution in [0, 0.1) is 13.8 Å². The molecule has 0 radical (unpaired) electrons. The third-order valence-corrected chi connectivity index (χ3v) is 9.35. The van der Waals surface area contributed by atoms with E-state index in [1.165, 1.54) is 6.20 Å². The molecule has 0 aliphatic rings. The lowest BCUT2D eigenvalue weighted by Gasteiger charge is -2.14. The number of nitrogens with zero attached hydrogens (tertiary/aromatic N) is 4. The molecular weight excluding hydrogens is 940 g/mol. The molecule has 0 spiro atoms. The Bertz CT molecular complexity index is 2480. The minimum atomic E-state index is -0.201. The average molecular weight is 983 g/mol. The van der Waals surface area contributed by atoms with Gasteiger partial charge in [-0.15, -0.1) is 0 Å². The molecule has 0 saturated carbocycles. The number of hydrogen-bond acceptors (Lipinski definition) is 14. The number of aromatic nitrogens is 4. The van der Waals surface area contributed by atoms with Gasteiger partial charge < -0.3 is 50.1 Å². The number of benzene rings is 4. The number of ether oxygens (including phenoxy) is 6. The van der Waals surface area contributed by atoms with E-state index in [0.717, 1.165) is 22.6 Å². The van der Waals surface area contributed by atoms with Gasteiger partial charge in [-0.2, -0.15) is 9.97 Å². The van der Waals surface area contributed by atoms with Crippen molar-refractivity contribution in [3.8, 4) is 46.3 Å². The summed E-state index contributed by atoms with van der Waals surface area (Å²) in [5, 5.41) is 8.35. The summed E-state index contributed by atoms with van der Waals surface area (Å²) in [6.07, 6.45) is 3.08. The van der Waals surface area contributed by atoms with Gasteiger partial charge in [0.15, 0.2) is 23.0 Å². The highest BCUT2D eigenvalue weighted by Gasteiger charge is 2.14. The fourth-order valence-corrected chi connectivity index (χ4v) is 6.01. The molecule has 5 N–H and O–H groups in total. The second-order valence-corrected chi connectivity index (χ2v) is 14.3. The van der Waals surface area contributed by atoms with Crippen molar-refractivity contribution in [3.63, 3.8) is 0 Å². The van der Waals surface area contributed by atoms with Gasteiger partial charge in [-0.25, -0.2) is 9.97 Å². The maximum atomic E-state index is 11.8. The van der Waals surface area contributed by atoms with Crippen LogP contribution in [0.5, 0.6) is 46.3 Å². The first-order valence-electron chi connectivity index (χ1n) is 17.9. The number of hydrogen-bond donors (Lipinski definition) is 4. The predicted molar refractivity (Wildman–Crippen MR) is 241 cm³/mol. The highest BCUT2D eigenvalue weighted by Crippen LogP contribution is 2.36. The van der Waals surface area contributed by atoms with Crippen LogP contribution < -0.4 is 50.1 Å². The van der Waals surface area contributed by atoms with Crippen molar-refractivity contribution in [1.82, 2.24) is 30.6 Å². The monoisotopic (exact) mass is 980 g/mol. The van der Waals surface area contributed by atoms with E-state index >= 15 is 0 Å². The molecule has 61 heavy (non-hydrogen) atoms. The summed E-state index contributed by atoms with van der Waals surface area (Å²) in [5.74, 6) is 4.18. The maximum absolute atomic E-state index is 11.8. The number of carbonyl (C=O) groups is 2. The molecule has 0 saturated heterocycles. The summed E-state index contributed by atoms with van der Waals surface area (Å²) >= 11 is 12.4. The first-order chi connectivity index (χ1) is 29.2. The van der Waals surface area contributed by atoms with Crippen LogP contribution in [0.3, 0.4) is 0 Å². The van der Waals surface area contributed by atoms with E-state index in [0.29, 0.717) is 66.3 Å². The van der Waals surface area contributed by atoms with Crippen LogP contribution in [0.25, 0.3) is 0 Å². The third kappa shape index (κ3) is 13.3. The molecule has 0 fully saturated rings. The predicted octanol–water partition coefficient (Wildman–Crippen LogP) is 9.10. The molecule has 2 heterocycles. The quantitative estimate of drug-likeness (QED) is 0.0668. The number of methoxy groups -OCH3 is 4. The lowest BCUT2D eigenvalue weighted by atomic mass is 10.2. The number of aryl methyl sites for hydroxylation is 2. The van der Waals surface area contributed by atoms with Crippen LogP contribution >= 0.6 is 43.5 Å². The molecular formula is C42H43Br2ClN8O8. The van der Waals surface area contributed by atoms with E-state index in [4.69, 9.17) is 45.8 Å². The van der Waals surface area contributed by atoms with Gasteiger partial charge >= 0.3 is 0 Å². The summed E-state index contributed by atoms with van der Waals surface area (Å²) in [6.45, 7) is 3.85. The number of halogens is 3. The Morgan fingerprint density at radius 1 is 0.656 bits per heavy atom. The van der Waals surface area contributed by atoms with Gasteiger partial charge in [0, 0.05) is 54.9 Å². The fraction of sp³-hybridized carbons (Fsp3) is 0.190. The van der Waals surface area contributed by atoms with Crippen molar-refractivity contribution in [1.29, 1.82) is 0 Å². The zero-order valence-corrected chi connectivity index (χ0v) is 38.3. The Morgan fingerprint density at radius 2 is 1.15 bits per heavy atom. The minimum Gasteiger partial charge on any atom is -0.493 e. The Labute approximate surface area is 374 Å². The summed E-state index contributed by atoms with van der Waals surface area (Å²) in [6, 6.07) is 20.8. The molecule has 0 unspecified atom stereocenters. The lowest BCUT2D eigenvalue weighted by Crippen LogP contribution is -2.17. The standard InChI is InChI=1S/C21H21BrN4O4.C12H9BrClN3O2.C9H13NO2/c1-12-8-14(10-17(28-3)18(12)29-4)25-21-24-11-16(22)20(26-21)30-15-7-5-6-13(9-15)19(27)23-2;1-15-10(18)7-3-2-4-8(5-7)19-11-9(13)6-16-12(14)17-11;1-6-4-7(10)5-8(11-2)9(6)12-3/h5-11H,1-4H3,(H,23,27)(H,24,25,26);2-6H,1H3,(H,15,18);4-5H,10H2,1-3H3. The summed E-state index contributed by atoms with van der Waals surface area (Å²) in [7, 11) is 9.52. The number of amides is 2. The molecule has 2 amide bonds. The van der Waals surface area contributed by atoms with Crippen LogP contribution in [-0.2, 0) is 0 Å². The van der Waals surface area contributed by atoms with E-state index in [9.17, 15) is 9.59 Å². The van der Waals surface area contributed by atoms with E-state index < -0.39 is 0 Å². The number of nitrogens with two attached hydrogens (primary N) is 1. The molecule has 0 bridgehead atoms. The van der Waals surface area contributed by atoms with Crippen molar-refractivity contribution in [2.75, 3.05) is 53.6 Å². The molecule has 16 nitrogen and oxygen atoms in total. The highest BCUT2D eigenvalue weighted by molar-refractivity contribution is 9.10. The van der Waals surface area contributed by atoms with Gasteiger partial charge in [-0.3, -0.25) is 9.59 Å². The summed E-state index contributed by atoms with van der Waals surface area (Å²) in [5.41, 5.74) is 9.91. The topological polar surface area (TPSA) is 203 Å². The molecule has 320 valence electrons. The smallest absolute Gasteiger partial charge is 0.251 e. The fourth-order valence-electron chi connectivity index (χ4n) is 5.34. The number of nitrogen functional groups attached to an aromatic ring is 1. The van der Waals surface area contributed by atoms with E-state index in [2.05, 4.69) is 67.7 Å². The van der Waals surface area contributed by atoms with E-state index in [-0.39, 0.29) is 23.0 Å². The van der Waals surface area contributed by atoms with Gasteiger partial charge in [0.1, 0.15) is 11.5 Å². The van der Waals surface area contributed by atoms with Crippen molar-refractivity contribution < 1.29 is 38.0 Å². The zero-order chi connectivity index (χ0) is 44.6. The molecule has 0 aliphatic carbocycles. The Kier molecular flexibility index (Phi) is 17.7. The minimum absolute atomic E-state index is 0.0839. The van der Waals surface area contributed by atoms with Crippen LogP contribution in [0.4, 0.5) is 17.3 Å². The lowest BCUT2D eigenvalue weighted by molar-refractivity contribution is 0.0955. The number of carbonyl (C=O) groups excluding carboxylic acids is 2. The second kappa shape index (κ2) is 22.8. The van der Waals surface area contributed by atoms with Gasteiger partial charge in [-0.05, 0) is 117 Å². The van der Waals surface area contributed by atoms with Crippen molar-refractivity contribution in [2.45, 2.75) is 13.8 Å². The van der Waals surface area contributed by atoms with E-state index in [1.54, 1.807) is 109 Å².